The summed E-state index contributed by atoms with van der Waals surface area (Å²) in [6, 6.07) is 0.827. The van der Waals surface area contributed by atoms with Crippen molar-refractivity contribution in [3.63, 3.8) is 0 Å². The molecular weight excluding hydrogens is 150 g/mol. The van der Waals surface area contributed by atoms with Crippen LogP contribution in [0.1, 0.15) is 32.1 Å². The highest BCUT2D eigenvalue weighted by Crippen LogP contribution is 2.32. The summed E-state index contributed by atoms with van der Waals surface area (Å²) in [6.07, 6.45) is 6.44. The van der Waals surface area contributed by atoms with Gasteiger partial charge in [-0.3, -0.25) is 0 Å². The minimum absolute atomic E-state index is 0.382. The van der Waals surface area contributed by atoms with Gasteiger partial charge in [-0.1, -0.05) is 0 Å². The van der Waals surface area contributed by atoms with Gasteiger partial charge in [-0.25, -0.2) is 0 Å². The van der Waals surface area contributed by atoms with Crippen LogP contribution in [-0.4, -0.2) is 24.3 Å². The van der Waals surface area contributed by atoms with Crippen LogP contribution in [0.4, 0.5) is 0 Å². The summed E-state index contributed by atoms with van der Waals surface area (Å²) in [5, 5.41) is 12.3. The van der Waals surface area contributed by atoms with Crippen molar-refractivity contribution in [1.29, 1.82) is 0 Å². The number of aliphatic hydroxyl groups is 1. The fourth-order valence-corrected chi connectivity index (χ4v) is 2.57. The zero-order valence-corrected chi connectivity index (χ0v) is 7.63. The minimum atomic E-state index is 0.382. The topological polar surface area (TPSA) is 32.3 Å². The Hall–Kier alpha value is -0.0800. The number of nitrogens with one attached hydrogen (secondary N) is 1. The van der Waals surface area contributed by atoms with Crippen LogP contribution in [0.2, 0.25) is 0 Å². The second-order valence-corrected chi connectivity index (χ2v) is 4.31. The number of hydrogen-bond acceptors (Lipinski definition) is 2. The maximum atomic E-state index is 8.84. The zero-order chi connectivity index (χ0) is 8.39. The Morgan fingerprint density at radius 1 is 1.17 bits per heavy atom. The lowest BCUT2D eigenvalue weighted by molar-refractivity contribution is 0.219. The van der Waals surface area contributed by atoms with E-state index in [0.717, 1.165) is 24.3 Å². The highest BCUT2D eigenvalue weighted by molar-refractivity contribution is 4.90. The van der Waals surface area contributed by atoms with Gasteiger partial charge >= 0.3 is 0 Å². The third-order valence-corrected chi connectivity index (χ3v) is 3.58. The van der Waals surface area contributed by atoms with Crippen molar-refractivity contribution >= 4 is 0 Å². The van der Waals surface area contributed by atoms with Crippen molar-refractivity contribution < 1.29 is 5.11 Å². The van der Waals surface area contributed by atoms with Crippen LogP contribution in [0.15, 0.2) is 0 Å². The maximum absolute atomic E-state index is 8.84. The second-order valence-electron chi connectivity index (χ2n) is 4.31. The Kier molecular flexibility index (Phi) is 2.66. The average molecular weight is 169 g/mol. The Morgan fingerprint density at radius 2 is 2.00 bits per heavy atom. The summed E-state index contributed by atoms with van der Waals surface area (Å²) in [5.74, 6) is 1.77. The molecule has 0 aromatic rings. The zero-order valence-electron chi connectivity index (χ0n) is 7.63. The van der Waals surface area contributed by atoms with E-state index in [9.17, 15) is 0 Å². The molecule has 2 nitrogen and oxygen atoms in total. The van der Waals surface area contributed by atoms with E-state index in [1.54, 1.807) is 0 Å². The molecule has 1 saturated carbocycles. The van der Waals surface area contributed by atoms with Gasteiger partial charge in [0.25, 0.3) is 0 Å². The molecule has 1 heterocycles. The molecule has 0 radical (unpaired) electrons. The normalized spacial score (nSPS) is 41.2. The molecule has 2 heteroatoms. The molecule has 70 valence electrons. The molecule has 0 aromatic carbocycles. The Bertz CT molecular complexity index is 135. The van der Waals surface area contributed by atoms with Crippen LogP contribution in [0.5, 0.6) is 0 Å². The summed E-state index contributed by atoms with van der Waals surface area (Å²) in [6.45, 7) is 1.63. The van der Waals surface area contributed by atoms with Gasteiger partial charge in [-0.15, -0.1) is 0 Å². The van der Waals surface area contributed by atoms with Gasteiger partial charge in [-0.2, -0.15) is 0 Å². The van der Waals surface area contributed by atoms with Gasteiger partial charge in [0.1, 0.15) is 0 Å². The highest BCUT2D eigenvalue weighted by Gasteiger charge is 2.32. The van der Waals surface area contributed by atoms with Crippen LogP contribution in [-0.2, 0) is 0 Å². The maximum Gasteiger partial charge on any atom is 0.0433 e. The molecule has 0 spiro atoms. The number of rotatable bonds is 2. The first-order valence-corrected chi connectivity index (χ1v) is 5.24. The first kappa shape index (κ1) is 8.52. The molecule has 2 rings (SSSR count). The molecule has 1 saturated heterocycles. The summed E-state index contributed by atoms with van der Waals surface area (Å²) in [5.41, 5.74) is 0. The molecule has 2 fully saturated rings. The molecule has 0 aromatic heterocycles. The van der Waals surface area contributed by atoms with Crippen molar-refractivity contribution in [3.05, 3.63) is 0 Å². The Labute approximate surface area is 74.4 Å². The number of fused-ring (bicyclic) bond motifs is 1. The predicted molar refractivity (Wildman–Crippen MR) is 48.9 cm³/mol. The second kappa shape index (κ2) is 3.75. The number of aliphatic hydroxyl groups excluding tert-OH is 1. The molecule has 3 unspecified atom stereocenters. The average Bonchev–Trinajstić information content (AvgIpc) is 2.13. The van der Waals surface area contributed by atoms with Crippen LogP contribution >= 0.6 is 0 Å². The van der Waals surface area contributed by atoms with Gasteiger partial charge in [0.05, 0.1) is 0 Å². The fraction of sp³-hybridized carbons (Fsp3) is 1.00. The van der Waals surface area contributed by atoms with Crippen molar-refractivity contribution in [2.45, 2.75) is 38.1 Å². The van der Waals surface area contributed by atoms with Gasteiger partial charge in [0.2, 0.25) is 0 Å². The van der Waals surface area contributed by atoms with Gasteiger partial charge in [0, 0.05) is 12.6 Å². The van der Waals surface area contributed by atoms with E-state index in [1.165, 1.54) is 32.2 Å². The van der Waals surface area contributed by atoms with Gasteiger partial charge in [-0.05, 0) is 50.5 Å². The van der Waals surface area contributed by atoms with Gasteiger partial charge in [0.15, 0.2) is 0 Å². The first-order chi connectivity index (χ1) is 5.90. The monoisotopic (exact) mass is 169 g/mol. The molecule has 2 N–H and O–H groups in total. The quantitative estimate of drug-likeness (QED) is 0.650. The Balaban J connectivity index is 1.80. The van der Waals surface area contributed by atoms with E-state index in [-0.39, 0.29) is 0 Å². The summed E-state index contributed by atoms with van der Waals surface area (Å²) >= 11 is 0. The van der Waals surface area contributed by atoms with Crippen LogP contribution in [0.3, 0.4) is 0 Å². The first-order valence-electron chi connectivity index (χ1n) is 5.24. The van der Waals surface area contributed by atoms with Crippen molar-refractivity contribution in [2.24, 2.45) is 11.8 Å². The standard InChI is InChI=1S/C10H19NO/c12-6-5-8-1-3-9-7-11-10(9)4-2-8/h8-12H,1-7H2. The van der Waals surface area contributed by atoms with E-state index in [0.29, 0.717) is 6.61 Å². The van der Waals surface area contributed by atoms with Crippen LogP contribution in [0.25, 0.3) is 0 Å². The molecule has 1 aliphatic carbocycles. The largest absolute Gasteiger partial charge is 0.396 e. The molecule has 2 aliphatic rings. The van der Waals surface area contributed by atoms with Gasteiger partial charge < -0.3 is 10.4 Å². The van der Waals surface area contributed by atoms with E-state index < -0.39 is 0 Å². The lowest BCUT2D eigenvalue weighted by Gasteiger charge is -2.36. The molecular formula is C10H19NO. The van der Waals surface area contributed by atoms with E-state index >= 15 is 0 Å². The SMILES string of the molecule is OCCC1CCC2CNC2CC1. The minimum Gasteiger partial charge on any atom is -0.396 e. The third kappa shape index (κ3) is 1.64. The van der Waals surface area contributed by atoms with E-state index in [2.05, 4.69) is 5.32 Å². The fourth-order valence-electron chi connectivity index (χ4n) is 2.57. The van der Waals surface area contributed by atoms with E-state index in [1.807, 2.05) is 0 Å². The van der Waals surface area contributed by atoms with Crippen molar-refractivity contribution in [3.8, 4) is 0 Å². The Morgan fingerprint density at radius 3 is 2.67 bits per heavy atom. The van der Waals surface area contributed by atoms with Crippen LogP contribution in [0, 0.1) is 11.8 Å². The molecule has 0 bridgehead atoms. The summed E-state index contributed by atoms with van der Waals surface area (Å²) in [7, 11) is 0. The molecule has 1 aliphatic heterocycles. The van der Waals surface area contributed by atoms with Crippen molar-refractivity contribution in [1.82, 2.24) is 5.32 Å². The third-order valence-electron chi connectivity index (χ3n) is 3.58. The predicted octanol–water partition coefficient (Wildman–Crippen LogP) is 1.15. The number of hydrogen-bond donors (Lipinski definition) is 2. The lowest BCUT2D eigenvalue weighted by Crippen LogP contribution is -2.51. The van der Waals surface area contributed by atoms with E-state index in [4.69, 9.17) is 5.11 Å². The van der Waals surface area contributed by atoms with Crippen LogP contribution < -0.4 is 5.32 Å². The summed E-state index contributed by atoms with van der Waals surface area (Å²) < 4.78 is 0. The highest BCUT2D eigenvalue weighted by atomic mass is 16.3. The summed E-state index contributed by atoms with van der Waals surface area (Å²) in [4.78, 5) is 0. The molecule has 0 amide bonds. The molecule has 3 atom stereocenters. The lowest BCUT2D eigenvalue weighted by atomic mass is 9.88. The smallest absolute Gasteiger partial charge is 0.0433 e. The molecule has 12 heavy (non-hydrogen) atoms. The van der Waals surface area contributed by atoms with Crippen molar-refractivity contribution in [2.75, 3.05) is 13.2 Å².